The number of aliphatic imine (C=N–C) groups is 1. The molecular weight excluding hydrogens is 384 g/mol. The summed E-state index contributed by atoms with van der Waals surface area (Å²) < 4.78 is 16.3. The summed E-state index contributed by atoms with van der Waals surface area (Å²) in [6, 6.07) is 6.08. The van der Waals surface area contributed by atoms with Gasteiger partial charge in [0.1, 0.15) is 11.1 Å². The van der Waals surface area contributed by atoms with Crippen molar-refractivity contribution in [1.82, 2.24) is 0 Å². The van der Waals surface area contributed by atoms with Crippen molar-refractivity contribution in [3.63, 3.8) is 0 Å². The summed E-state index contributed by atoms with van der Waals surface area (Å²) >= 11 is 1.64. The Morgan fingerprint density at radius 1 is 1.14 bits per heavy atom. The fourth-order valence-electron chi connectivity index (χ4n) is 3.87. The Bertz CT molecular complexity index is 964. The molecule has 0 radical (unpaired) electrons. The number of hydrogen-bond acceptors (Lipinski definition) is 6. The van der Waals surface area contributed by atoms with Crippen LogP contribution in [0.3, 0.4) is 0 Å². The van der Waals surface area contributed by atoms with Crippen molar-refractivity contribution in [3.8, 4) is 23.3 Å². The predicted octanol–water partition coefficient (Wildman–Crippen LogP) is 5.55. The molecule has 1 heterocycles. The van der Waals surface area contributed by atoms with E-state index >= 15 is 0 Å². The quantitative estimate of drug-likeness (QED) is 0.604. The predicted molar refractivity (Wildman–Crippen MR) is 117 cm³/mol. The lowest BCUT2D eigenvalue weighted by atomic mass is 9.72. The van der Waals surface area contributed by atoms with Crippen LogP contribution >= 0.6 is 11.3 Å². The minimum absolute atomic E-state index is 0.269. The van der Waals surface area contributed by atoms with E-state index in [-0.39, 0.29) is 5.41 Å². The molecule has 0 amide bonds. The van der Waals surface area contributed by atoms with Crippen LogP contribution < -0.4 is 14.2 Å². The first-order valence-corrected chi connectivity index (χ1v) is 10.5. The van der Waals surface area contributed by atoms with Crippen LogP contribution in [0.25, 0.3) is 0 Å². The topological polar surface area (TPSA) is 63.8 Å². The van der Waals surface area contributed by atoms with E-state index in [1.807, 2.05) is 12.1 Å². The van der Waals surface area contributed by atoms with Gasteiger partial charge in [-0.25, -0.2) is 4.99 Å². The second-order valence-electron chi connectivity index (χ2n) is 8.28. The molecule has 0 saturated carbocycles. The van der Waals surface area contributed by atoms with Gasteiger partial charge in [-0.3, -0.25) is 0 Å². The zero-order chi connectivity index (χ0) is 21.2. The number of rotatable bonds is 5. The van der Waals surface area contributed by atoms with Gasteiger partial charge in [-0.1, -0.05) is 20.8 Å². The number of methoxy groups -OCH3 is 3. The maximum Gasteiger partial charge on any atom is 0.203 e. The molecule has 5 nitrogen and oxygen atoms in total. The first-order valence-electron chi connectivity index (χ1n) is 9.71. The molecule has 6 heteroatoms. The Hall–Kier alpha value is -2.52. The third-order valence-electron chi connectivity index (χ3n) is 5.64. The van der Waals surface area contributed by atoms with Crippen molar-refractivity contribution in [1.29, 1.82) is 5.26 Å². The molecule has 29 heavy (non-hydrogen) atoms. The van der Waals surface area contributed by atoms with Gasteiger partial charge in [0.15, 0.2) is 11.5 Å². The van der Waals surface area contributed by atoms with Gasteiger partial charge in [0, 0.05) is 16.7 Å². The van der Waals surface area contributed by atoms with E-state index < -0.39 is 0 Å². The van der Waals surface area contributed by atoms with Crippen LogP contribution in [0.1, 0.15) is 48.8 Å². The molecule has 1 aliphatic carbocycles. The smallest absolute Gasteiger partial charge is 0.203 e. The van der Waals surface area contributed by atoms with E-state index in [1.54, 1.807) is 38.9 Å². The first-order chi connectivity index (χ1) is 13.8. The number of fused-ring (bicyclic) bond motifs is 1. The summed E-state index contributed by atoms with van der Waals surface area (Å²) in [5.74, 6) is 2.31. The number of nitrogens with zero attached hydrogens (tertiary/aromatic N) is 2. The minimum atomic E-state index is 0.269. The fourth-order valence-corrected chi connectivity index (χ4v) is 5.09. The van der Waals surface area contributed by atoms with Gasteiger partial charge in [-0.2, -0.15) is 5.26 Å². The number of thiophene rings is 1. The highest BCUT2D eigenvalue weighted by atomic mass is 32.1. The van der Waals surface area contributed by atoms with Crippen molar-refractivity contribution in [2.45, 2.75) is 40.0 Å². The lowest BCUT2D eigenvalue weighted by Crippen LogP contribution is -2.26. The molecule has 1 aromatic heterocycles. The summed E-state index contributed by atoms with van der Waals surface area (Å²) in [5, 5.41) is 10.5. The summed E-state index contributed by atoms with van der Waals surface area (Å²) in [5.41, 5.74) is 2.94. The van der Waals surface area contributed by atoms with Gasteiger partial charge in [0.2, 0.25) is 5.75 Å². The third kappa shape index (κ3) is 4.11. The molecule has 0 spiro atoms. The molecule has 154 valence electrons. The molecule has 0 fully saturated rings. The van der Waals surface area contributed by atoms with Gasteiger partial charge in [0.25, 0.3) is 0 Å². The lowest BCUT2D eigenvalue weighted by Gasteiger charge is -2.33. The van der Waals surface area contributed by atoms with Crippen molar-refractivity contribution in [2.24, 2.45) is 16.3 Å². The average Bonchev–Trinajstić information content (AvgIpc) is 3.07. The maximum atomic E-state index is 9.76. The standard InChI is InChI=1S/C23H28N2O3S/c1-23(2,3)15-8-9-16-17(12-24)22(29-19(16)11-15)25-13-14-7-10-18(26-4)21(28-6)20(14)27-5/h7,10,13,15H,8-9,11H2,1-6H3/t15-/m1/s1. The van der Waals surface area contributed by atoms with Crippen LogP contribution in [0.5, 0.6) is 17.2 Å². The van der Waals surface area contributed by atoms with Crippen LogP contribution in [0, 0.1) is 22.7 Å². The van der Waals surface area contributed by atoms with Crippen molar-refractivity contribution < 1.29 is 14.2 Å². The fraction of sp³-hybridized carbons (Fsp3) is 0.478. The number of benzene rings is 1. The van der Waals surface area contributed by atoms with Gasteiger partial charge in [0.05, 0.1) is 26.9 Å². The van der Waals surface area contributed by atoms with Gasteiger partial charge in [-0.15, -0.1) is 11.3 Å². The summed E-state index contributed by atoms with van der Waals surface area (Å²) in [6.07, 6.45) is 4.83. The monoisotopic (exact) mass is 412 g/mol. The zero-order valence-electron chi connectivity index (χ0n) is 18.0. The summed E-state index contributed by atoms with van der Waals surface area (Å²) in [4.78, 5) is 5.98. The van der Waals surface area contributed by atoms with Crippen LogP contribution in [-0.4, -0.2) is 27.5 Å². The molecule has 0 saturated heterocycles. The highest BCUT2D eigenvalue weighted by Crippen LogP contribution is 2.45. The van der Waals surface area contributed by atoms with Crippen molar-refractivity contribution in [3.05, 3.63) is 33.7 Å². The van der Waals surface area contributed by atoms with E-state index in [0.29, 0.717) is 28.7 Å². The first kappa shape index (κ1) is 21.2. The highest BCUT2D eigenvalue weighted by Gasteiger charge is 2.32. The molecule has 0 bridgehead atoms. The number of nitriles is 1. The largest absolute Gasteiger partial charge is 0.493 e. The van der Waals surface area contributed by atoms with E-state index in [0.717, 1.165) is 29.8 Å². The highest BCUT2D eigenvalue weighted by molar-refractivity contribution is 7.16. The van der Waals surface area contributed by atoms with Crippen LogP contribution in [0.4, 0.5) is 5.00 Å². The van der Waals surface area contributed by atoms with Crippen LogP contribution in [0.15, 0.2) is 17.1 Å². The van der Waals surface area contributed by atoms with E-state index in [1.165, 1.54) is 10.4 Å². The van der Waals surface area contributed by atoms with Gasteiger partial charge >= 0.3 is 0 Å². The molecule has 1 aromatic carbocycles. The normalized spacial score (nSPS) is 16.4. The Labute approximate surface area is 176 Å². The summed E-state index contributed by atoms with van der Waals surface area (Å²) in [6.45, 7) is 6.89. The minimum Gasteiger partial charge on any atom is -0.493 e. The maximum absolute atomic E-state index is 9.76. The van der Waals surface area contributed by atoms with Crippen molar-refractivity contribution in [2.75, 3.05) is 21.3 Å². The summed E-state index contributed by atoms with van der Waals surface area (Å²) in [7, 11) is 4.76. The van der Waals surface area contributed by atoms with Gasteiger partial charge < -0.3 is 14.2 Å². The van der Waals surface area contributed by atoms with Crippen LogP contribution in [0.2, 0.25) is 0 Å². The SMILES string of the molecule is COc1ccc(C=Nc2sc3c(c2C#N)CC[C@@H](C(C)(C)C)C3)c(OC)c1OC. The Kier molecular flexibility index (Phi) is 6.18. The molecule has 0 aliphatic heterocycles. The molecule has 1 aliphatic rings. The lowest BCUT2D eigenvalue weighted by molar-refractivity contribution is 0.218. The molecule has 0 unspecified atom stereocenters. The van der Waals surface area contributed by atoms with Gasteiger partial charge in [-0.05, 0) is 48.3 Å². The molecule has 3 rings (SSSR count). The second-order valence-corrected chi connectivity index (χ2v) is 9.37. The molecule has 1 atom stereocenters. The van der Waals surface area contributed by atoms with E-state index in [9.17, 15) is 5.26 Å². The third-order valence-corrected chi connectivity index (χ3v) is 6.80. The average molecular weight is 413 g/mol. The molecular formula is C23H28N2O3S. The number of ether oxygens (including phenoxy) is 3. The van der Waals surface area contributed by atoms with Crippen molar-refractivity contribution >= 4 is 22.6 Å². The molecule has 0 N–H and O–H groups in total. The Balaban J connectivity index is 1.97. The Morgan fingerprint density at radius 3 is 2.45 bits per heavy atom. The second kappa shape index (κ2) is 8.46. The number of hydrogen-bond donors (Lipinski definition) is 0. The Morgan fingerprint density at radius 2 is 1.86 bits per heavy atom. The zero-order valence-corrected chi connectivity index (χ0v) is 18.8. The molecule has 2 aromatic rings. The van der Waals surface area contributed by atoms with E-state index in [4.69, 9.17) is 14.2 Å². The van der Waals surface area contributed by atoms with E-state index in [2.05, 4.69) is 31.8 Å². The van der Waals surface area contributed by atoms with Crippen LogP contribution in [-0.2, 0) is 12.8 Å².